The van der Waals surface area contributed by atoms with Crippen LogP contribution in [0, 0.1) is 6.92 Å². The maximum absolute atomic E-state index is 13.0. The van der Waals surface area contributed by atoms with E-state index >= 15 is 0 Å². The first-order valence-electron chi connectivity index (χ1n) is 10.2. The predicted octanol–water partition coefficient (Wildman–Crippen LogP) is 3.23. The molecule has 0 bridgehead atoms. The van der Waals surface area contributed by atoms with Gasteiger partial charge < -0.3 is 0 Å². The fourth-order valence-electron chi connectivity index (χ4n) is 3.60. The van der Waals surface area contributed by atoms with Gasteiger partial charge in [-0.05, 0) is 43.9 Å². The van der Waals surface area contributed by atoms with Crippen LogP contribution in [0.5, 0.6) is 0 Å². The molecular weight excluding hydrogens is 372 g/mol. The van der Waals surface area contributed by atoms with Crippen molar-refractivity contribution in [3.63, 3.8) is 0 Å². The molecule has 0 amide bonds. The van der Waals surface area contributed by atoms with Crippen LogP contribution in [-0.2, 0) is 23.1 Å². The second kappa shape index (κ2) is 8.76. The Morgan fingerprint density at radius 3 is 2.25 bits per heavy atom. The van der Waals surface area contributed by atoms with Gasteiger partial charge in [-0.25, -0.2) is 8.42 Å². The molecule has 154 valence electrons. The Hall–Kier alpha value is -1.70. The Bertz CT molecular complexity index is 882. The summed E-state index contributed by atoms with van der Waals surface area (Å²) in [5.41, 5.74) is 3.46. The van der Waals surface area contributed by atoms with E-state index in [0.717, 1.165) is 38.3 Å². The van der Waals surface area contributed by atoms with E-state index in [1.807, 2.05) is 23.7 Å². The second-order valence-corrected chi connectivity index (χ2v) is 9.59. The maximum atomic E-state index is 13.0. The van der Waals surface area contributed by atoms with E-state index in [0.29, 0.717) is 23.9 Å². The fourth-order valence-corrected chi connectivity index (χ4v) is 5.02. The molecule has 3 rings (SSSR count). The van der Waals surface area contributed by atoms with E-state index in [1.54, 1.807) is 16.4 Å². The highest BCUT2D eigenvalue weighted by Crippen LogP contribution is 2.23. The molecule has 0 aliphatic carbocycles. The molecule has 2 heterocycles. The van der Waals surface area contributed by atoms with Crippen molar-refractivity contribution in [2.45, 2.75) is 58.0 Å². The third-order valence-corrected chi connectivity index (χ3v) is 7.71. The molecule has 28 heavy (non-hydrogen) atoms. The first-order chi connectivity index (χ1) is 13.3. The van der Waals surface area contributed by atoms with Gasteiger partial charge in [-0.15, -0.1) is 0 Å². The van der Waals surface area contributed by atoms with Crippen LogP contribution in [0.25, 0.3) is 0 Å². The van der Waals surface area contributed by atoms with Crippen molar-refractivity contribution in [1.29, 1.82) is 0 Å². The molecule has 1 unspecified atom stereocenters. The topological polar surface area (TPSA) is 58.4 Å². The first-order valence-corrected chi connectivity index (χ1v) is 11.6. The number of aromatic nitrogens is 2. The summed E-state index contributed by atoms with van der Waals surface area (Å²) in [6.07, 6.45) is 3.14. The number of rotatable bonds is 7. The summed E-state index contributed by atoms with van der Waals surface area (Å²) in [4.78, 5) is 2.70. The fraction of sp³-hybridized carbons (Fsp3) is 0.571. The molecule has 0 spiro atoms. The molecular formula is C21H32N4O2S. The summed E-state index contributed by atoms with van der Waals surface area (Å²) in [7, 11) is -3.43. The highest BCUT2D eigenvalue weighted by molar-refractivity contribution is 7.89. The number of sulfonamides is 1. The summed E-state index contributed by atoms with van der Waals surface area (Å²) in [6, 6.07) is 7.41. The van der Waals surface area contributed by atoms with Crippen LogP contribution in [0.15, 0.2) is 35.4 Å². The molecule has 1 fully saturated rings. The van der Waals surface area contributed by atoms with E-state index in [9.17, 15) is 8.42 Å². The molecule has 2 aromatic rings. The van der Waals surface area contributed by atoms with Crippen LogP contribution >= 0.6 is 0 Å². The number of hydrogen-bond donors (Lipinski definition) is 0. The number of aryl methyl sites for hydroxylation is 2. The van der Waals surface area contributed by atoms with Gasteiger partial charge >= 0.3 is 0 Å². The van der Waals surface area contributed by atoms with Crippen LogP contribution in [0.4, 0.5) is 0 Å². The molecule has 1 saturated heterocycles. The average molecular weight is 405 g/mol. The number of piperazine rings is 1. The molecule has 0 N–H and O–H groups in total. The molecule has 0 saturated carbocycles. The molecule has 6 nitrogen and oxygen atoms in total. The highest BCUT2D eigenvalue weighted by atomic mass is 32.2. The van der Waals surface area contributed by atoms with E-state index < -0.39 is 10.0 Å². The van der Waals surface area contributed by atoms with Gasteiger partial charge in [-0.1, -0.05) is 26.0 Å². The van der Waals surface area contributed by atoms with Gasteiger partial charge in [-0.3, -0.25) is 9.58 Å². The Kier molecular flexibility index (Phi) is 6.58. The van der Waals surface area contributed by atoms with E-state index in [-0.39, 0.29) is 0 Å². The SMILES string of the molecule is CCC(C)c1ccc(S(=O)(=O)N2CCN(Cc3cn(CC)nc3C)CC2)cc1. The summed E-state index contributed by atoms with van der Waals surface area (Å²) in [5.74, 6) is 0.445. The standard InChI is InChI=1S/C21H32N4O2S/c1-5-17(3)19-7-9-21(10-8-19)28(26,27)25-13-11-23(12-14-25)15-20-16-24(6-2)22-18(20)4/h7-10,16-17H,5-6,11-15H2,1-4H3. The van der Waals surface area contributed by atoms with Crippen LogP contribution in [0.1, 0.15) is 49.9 Å². The zero-order valence-corrected chi connectivity index (χ0v) is 18.2. The third-order valence-electron chi connectivity index (χ3n) is 5.80. The largest absolute Gasteiger partial charge is 0.296 e. The van der Waals surface area contributed by atoms with Crippen LogP contribution in [-0.4, -0.2) is 53.6 Å². The summed E-state index contributed by atoms with van der Waals surface area (Å²) >= 11 is 0. The lowest BCUT2D eigenvalue weighted by molar-refractivity contribution is 0.181. The minimum absolute atomic E-state index is 0.396. The van der Waals surface area contributed by atoms with Crippen LogP contribution < -0.4 is 0 Å². The molecule has 1 aromatic heterocycles. The maximum Gasteiger partial charge on any atom is 0.243 e. The van der Waals surface area contributed by atoms with Crippen molar-refractivity contribution < 1.29 is 8.42 Å². The molecule has 7 heteroatoms. The van der Waals surface area contributed by atoms with Gasteiger partial charge in [-0.2, -0.15) is 9.40 Å². The lowest BCUT2D eigenvalue weighted by Gasteiger charge is -2.33. The van der Waals surface area contributed by atoms with Crippen LogP contribution in [0.2, 0.25) is 0 Å². The van der Waals surface area contributed by atoms with E-state index in [2.05, 4.69) is 37.0 Å². The molecule has 0 radical (unpaired) electrons. The van der Waals surface area contributed by atoms with Gasteiger partial charge in [0.25, 0.3) is 0 Å². The summed E-state index contributed by atoms with van der Waals surface area (Å²) in [5, 5.41) is 4.50. The molecule has 1 aliphatic heterocycles. The summed E-state index contributed by atoms with van der Waals surface area (Å²) < 4.78 is 29.6. The Morgan fingerprint density at radius 2 is 1.71 bits per heavy atom. The minimum Gasteiger partial charge on any atom is -0.296 e. The van der Waals surface area contributed by atoms with Gasteiger partial charge in [0, 0.05) is 51.0 Å². The Labute approximate surface area is 169 Å². The lowest BCUT2D eigenvalue weighted by Crippen LogP contribution is -2.48. The molecule has 1 aliphatic rings. The van der Waals surface area contributed by atoms with Crippen molar-refractivity contribution in [3.8, 4) is 0 Å². The predicted molar refractivity (Wildman–Crippen MR) is 112 cm³/mol. The Morgan fingerprint density at radius 1 is 1.07 bits per heavy atom. The van der Waals surface area contributed by atoms with Gasteiger partial charge in [0.1, 0.15) is 0 Å². The van der Waals surface area contributed by atoms with Crippen LogP contribution in [0.3, 0.4) is 0 Å². The van der Waals surface area contributed by atoms with Crippen molar-refractivity contribution in [1.82, 2.24) is 19.0 Å². The molecule has 1 aromatic carbocycles. The zero-order valence-electron chi connectivity index (χ0n) is 17.4. The summed E-state index contributed by atoms with van der Waals surface area (Å²) in [6.45, 7) is 12.6. The first kappa shape index (κ1) is 21.0. The monoisotopic (exact) mass is 404 g/mol. The van der Waals surface area contributed by atoms with Crippen molar-refractivity contribution in [2.75, 3.05) is 26.2 Å². The van der Waals surface area contributed by atoms with Crippen molar-refractivity contribution in [2.24, 2.45) is 0 Å². The normalized spacial score (nSPS) is 17.7. The minimum atomic E-state index is -3.43. The quantitative estimate of drug-likeness (QED) is 0.711. The highest BCUT2D eigenvalue weighted by Gasteiger charge is 2.28. The Balaban J connectivity index is 1.62. The van der Waals surface area contributed by atoms with Gasteiger partial charge in [0.2, 0.25) is 10.0 Å². The third kappa shape index (κ3) is 4.47. The van der Waals surface area contributed by atoms with Crippen molar-refractivity contribution in [3.05, 3.63) is 47.3 Å². The van der Waals surface area contributed by atoms with Crippen molar-refractivity contribution >= 4 is 10.0 Å². The number of hydrogen-bond acceptors (Lipinski definition) is 4. The zero-order chi connectivity index (χ0) is 20.3. The van der Waals surface area contributed by atoms with Gasteiger partial charge in [0.05, 0.1) is 10.6 Å². The molecule has 1 atom stereocenters. The van der Waals surface area contributed by atoms with E-state index in [4.69, 9.17) is 0 Å². The number of nitrogens with zero attached hydrogens (tertiary/aromatic N) is 4. The lowest BCUT2D eigenvalue weighted by atomic mass is 9.99. The average Bonchev–Trinajstić information content (AvgIpc) is 3.07. The van der Waals surface area contributed by atoms with Gasteiger partial charge in [0.15, 0.2) is 0 Å². The second-order valence-electron chi connectivity index (χ2n) is 7.65. The smallest absolute Gasteiger partial charge is 0.243 e. The van der Waals surface area contributed by atoms with E-state index in [1.165, 1.54) is 11.1 Å². The number of benzene rings is 1.